The largest absolute Gasteiger partial charge is 0.490 e. The van der Waals surface area contributed by atoms with Gasteiger partial charge >= 0.3 is 5.97 Å². The standard InChI is InChI=1S/C25H28O4/c1-4-27-24(25(26)29-20(2)3)19-22-14-16-23(17-15-22)28-18-10-6-9-13-21-11-7-5-8-12-21/h5-8,10-12,14-17,20,24H,4,18-19H2,1-3H3/b10-6+/t24-/m0/s1/i18+2. The summed E-state index contributed by atoms with van der Waals surface area (Å²) in [5.74, 6) is 6.47. The third-order valence-corrected chi connectivity index (χ3v) is 3.86. The normalized spacial score (nSPS) is 11.7. The van der Waals surface area contributed by atoms with Crippen LogP contribution in [-0.2, 0) is 20.7 Å². The van der Waals surface area contributed by atoms with Gasteiger partial charge in [0.05, 0.1) is 6.10 Å². The molecule has 1 atom stereocenters. The first kappa shape index (κ1) is 22.3. The Kier molecular flexibility index (Phi) is 9.54. The maximum atomic E-state index is 12.1. The van der Waals surface area contributed by atoms with Gasteiger partial charge in [0, 0.05) is 18.6 Å². The Bertz CT molecular complexity index is 827. The van der Waals surface area contributed by atoms with Crippen molar-refractivity contribution in [1.29, 1.82) is 0 Å². The van der Waals surface area contributed by atoms with Gasteiger partial charge in [0.2, 0.25) is 0 Å². The average Bonchev–Trinajstić information content (AvgIpc) is 2.71. The van der Waals surface area contributed by atoms with E-state index in [1.807, 2.05) is 81.4 Å². The van der Waals surface area contributed by atoms with E-state index in [9.17, 15) is 4.79 Å². The summed E-state index contributed by atoms with van der Waals surface area (Å²) in [7, 11) is 0. The highest BCUT2D eigenvalue weighted by Crippen LogP contribution is 2.15. The van der Waals surface area contributed by atoms with Crippen molar-refractivity contribution in [2.75, 3.05) is 13.2 Å². The summed E-state index contributed by atoms with van der Waals surface area (Å²) in [6, 6.07) is 17.5. The van der Waals surface area contributed by atoms with Gasteiger partial charge in [0.25, 0.3) is 0 Å². The molecule has 2 rings (SSSR count). The molecule has 0 bridgehead atoms. The van der Waals surface area contributed by atoms with Crippen molar-refractivity contribution in [3.05, 3.63) is 77.9 Å². The lowest BCUT2D eigenvalue weighted by Gasteiger charge is -2.18. The Labute approximate surface area is 173 Å². The molecule has 4 heteroatoms. The summed E-state index contributed by atoms with van der Waals surface area (Å²) in [6.45, 7) is 6.41. The molecule has 0 N–H and O–H groups in total. The lowest BCUT2D eigenvalue weighted by Crippen LogP contribution is -2.30. The zero-order valence-electron chi connectivity index (χ0n) is 17.3. The van der Waals surface area contributed by atoms with E-state index in [2.05, 4.69) is 11.8 Å². The van der Waals surface area contributed by atoms with Crippen LogP contribution in [0.4, 0.5) is 0 Å². The summed E-state index contributed by atoms with van der Waals surface area (Å²) >= 11 is 0. The molecule has 0 heterocycles. The number of rotatable bonds is 9. The SMILES string of the molecule is CCO[C@@H](Cc1ccc(O[14CH2]/C=C/C#Cc2ccccc2)cc1)C(=O)OC(C)C. The smallest absolute Gasteiger partial charge is 0.335 e. The zero-order chi connectivity index (χ0) is 20.9. The molecule has 0 saturated carbocycles. The van der Waals surface area contributed by atoms with E-state index >= 15 is 0 Å². The van der Waals surface area contributed by atoms with Gasteiger partial charge in [-0.3, -0.25) is 0 Å². The van der Waals surface area contributed by atoms with Gasteiger partial charge in [-0.15, -0.1) is 0 Å². The second-order valence-corrected chi connectivity index (χ2v) is 6.63. The van der Waals surface area contributed by atoms with Gasteiger partial charge < -0.3 is 14.2 Å². The Morgan fingerprint density at radius 1 is 1.10 bits per heavy atom. The van der Waals surface area contributed by atoms with Crippen LogP contribution in [0.15, 0.2) is 66.7 Å². The fraction of sp³-hybridized carbons (Fsp3) is 0.320. The van der Waals surface area contributed by atoms with Crippen LogP contribution < -0.4 is 4.74 Å². The minimum Gasteiger partial charge on any atom is -0.490 e. The summed E-state index contributed by atoms with van der Waals surface area (Å²) in [4.78, 5) is 12.1. The summed E-state index contributed by atoms with van der Waals surface area (Å²) in [5.41, 5.74) is 1.97. The molecule has 0 aliphatic rings. The molecule has 4 nitrogen and oxygen atoms in total. The zero-order valence-corrected chi connectivity index (χ0v) is 17.3. The van der Waals surface area contributed by atoms with Crippen LogP contribution in [0.1, 0.15) is 31.9 Å². The molecular formula is C25H28O4. The number of ether oxygens (including phenoxy) is 3. The number of carbonyl (C=O) groups excluding carboxylic acids is 1. The number of benzene rings is 2. The topological polar surface area (TPSA) is 44.8 Å². The third-order valence-electron chi connectivity index (χ3n) is 3.86. The van der Waals surface area contributed by atoms with Gasteiger partial charge in [0.15, 0.2) is 6.10 Å². The van der Waals surface area contributed by atoms with Gasteiger partial charge in [-0.25, -0.2) is 4.79 Å². The van der Waals surface area contributed by atoms with Gasteiger partial charge in [-0.2, -0.15) is 0 Å². The molecule has 0 fully saturated rings. The molecular weight excluding hydrogens is 366 g/mol. The lowest BCUT2D eigenvalue weighted by atomic mass is 10.1. The van der Waals surface area contributed by atoms with E-state index < -0.39 is 6.10 Å². The predicted molar refractivity (Wildman–Crippen MR) is 115 cm³/mol. The fourth-order valence-electron chi connectivity index (χ4n) is 2.55. The van der Waals surface area contributed by atoms with Crippen LogP contribution in [0.2, 0.25) is 0 Å². The van der Waals surface area contributed by atoms with Crippen molar-refractivity contribution in [3.8, 4) is 17.6 Å². The molecule has 0 radical (unpaired) electrons. The van der Waals surface area contributed by atoms with Gasteiger partial charge in [0.1, 0.15) is 12.4 Å². The quantitative estimate of drug-likeness (QED) is 0.462. The molecule has 29 heavy (non-hydrogen) atoms. The van der Waals surface area contributed by atoms with E-state index in [4.69, 9.17) is 14.2 Å². The van der Waals surface area contributed by atoms with Crippen molar-refractivity contribution in [1.82, 2.24) is 0 Å². The first-order valence-corrected chi connectivity index (χ1v) is 9.84. The van der Waals surface area contributed by atoms with Crippen LogP contribution in [0.3, 0.4) is 0 Å². The van der Waals surface area contributed by atoms with Crippen LogP contribution >= 0.6 is 0 Å². The Morgan fingerprint density at radius 2 is 1.83 bits per heavy atom. The number of carbonyl (C=O) groups is 1. The van der Waals surface area contributed by atoms with Crippen molar-refractivity contribution in [2.24, 2.45) is 0 Å². The van der Waals surface area contributed by atoms with E-state index in [0.717, 1.165) is 16.9 Å². The third kappa shape index (κ3) is 8.68. The first-order valence-electron chi connectivity index (χ1n) is 9.84. The number of allylic oxidation sites excluding steroid dienone is 1. The molecule has 152 valence electrons. The van der Waals surface area contributed by atoms with E-state index in [1.165, 1.54) is 0 Å². The monoisotopic (exact) mass is 394 g/mol. The minimum absolute atomic E-state index is 0.160. The second kappa shape index (κ2) is 12.4. The highest BCUT2D eigenvalue weighted by atomic mass is 16.6. The highest BCUT2D eigenvalue weighted by molar-refractivity contribution is 5.75. The lowest BCUT2D eigenvalue weighted by molar-refractivity contribution is -0.160. The maximum absolute atomic E-state index is 12.1. The van der Waals surface area contributed by atoms with Crippen molar-refractivity contribution in [3.63, 3.8) is 0 Å². The fourth-order valence-corrected chi connectivity index (χ4v) is 2.55. The Balaban J connectivity index is 1.82. The molecule has 0 aliphatic carbocycles. The van der Waals surface area contributed by atoms with Crippen molar-refractivity contribution in [2.45, 2.75) is 39.4 Å². The first-order chi connectivity index (χ1) is 14.1. The number of esters is 1. The highest BCUT2D eigenvalue weighted by Gasteiger charge is 2.21. The van der Waals surface area contributed by atoms with Gasteiger partial charge in [-0.05, 0) is 62.8 Å². The molecule has 0 unspecified atom stereocenters. The molecule has 0 spiro atoms. The molecule has 0 saturated heterocycles. The number of hydrogen-bond donors (Lipinski definition) is 0. The van der Waals surface area contributed by atoms with Crippen LogP contribution in [0, 0.1) is 11.8 Å². The summed E-state index contributed by atoms with van der Waals surface area (Å²) in [5, 5.41) is 0. The number of hydrogen-bond acceptors (Lipinski definition) is 4. The molecule has 2 aromatic carbocycles. The molecule has 0 amide bonds. The van der Waals surface area contributed by atoms with Crippen molar-refractivity contribution < 1.29 is 19.0 Å². The van der Waals surface area contributed by atoms with Crippen LogP contribution in [0.5, 0.6) is 5.75 Å². The van der Waals surface area contributed by atoms with E-state index in [-0.39, 0.29) is 12.1 Å². The van der Waals surface area contributed by atoms with Crippen LogP contribution in [0.25, 0.3) is 0 Å². The van der Waals surface area contributed by atoms with E-state index in [1.54, 1.807) is 6.08 Å². The van der Waals surface area contributed by atoms with Gasteiger partial charge in [-0.1, -0.05) is 42.2 Å². The molecule has 2 aromatic rings. The Morgan fingerprint density at radius 3 is 2.48 bits per heavy atom. The average molecular weight is 394 g/mol. The summed E-state index contributed by atoms with van der Waals surface area (Å²) in [6.07, 6.45) is 3.37. The molecule has 0 aliphatic heterocycles. The van der Waals surface area contributed by atoms with Crippen molar-refractivity contribution >= 4 is 5.97 Å². The van der Waals surface area contributed by atoms with Crippen LogP contribution in [-0.4, -0.2) is 31.4 Å². The second-order valence-electron chi connectivity index (χ2n) is 6.63. The van der Waals surface area contributed by atoms with E-state index in [0.29, 0.717) is 19.6 Å². The Hall–Kier alpha value is -3.03. The minimum atomic E-state index is -0.597. The molecule has 0 aromatic heterocycles. The summed E-state index contributed by atoms with van der Waals surface area (Å²) < 4.78 is 16.5. The predicted octanol–water partition coefficient (Wildman–Crippen LogP) is 4.57. The maximum Gasteiger partial charge on any atom is 0.335 e.